The maximum Gasteiger partial charge on any atom is 0.264 e. The Kier molecular flexibility index (Phi) is 2.99. The predicted molar refractivity (Wildman–Crippen MR) is 84.3 cm³/mol. The standard InChI is InChI=1S/C14H12N4O2S/c1-17-10-5-3-2-4-8(10)12(19)11(13(17)20)9-6-7-18(16-9)14(15)21/h2-7,19H,1H3,(H2,15,21). The molecule has 2 heterocycles. The van der Waals surface area contributed by atoms with Gasteiger partial charge in [-0.3, -0.25) is 4.79 Å². The molecule has 0 bridgehead atoms. The van der Waals surface area contributed by atoms with Crippen molar-refractivity contribution < 1.29 is 5.11 Å². The highest BCUT2D eigenvalue weighted by atomic mass is 32.1. The van der Waals surface area contributed by atoms with E-state index in [-0.39, 0.29) is 22.0 Å². The third kappa shape index (κ3) is 1.98. The van der Waals surface area contributed by atoms with Crippen LogP contribution in [0.1, 0.15) is 0 Å². The van der Waals surface area contributed by atoms with Crippen molar-refractivity contribution in [3.63, 3.8) is 0 Å². The van der Waals surface area contributed by atoms with E-state index < -0.39 is 0 Å². The van der Waals surface area contributed by atoms with E-state index in [1.54, 1.807) is 37.5 Å². The average molecular weight is 300 g/mol. The number of thiocarbonyl (C=S) groups is 1. The zero-order chi connectivity index (χ0) is 15.1. The van der Waals surface area contributed by atoms with Crippen LogP contribution in [-0.2, 0) is 7.05 Å². The van der Waals surface area contributed by atoms with Crippen molar-refractivity contribution in [2.24, 2.45) is 12.8 Å². The molecule has 0 saturated heterocycles. The quantitative estimate of drug-likeness (QED) is 0.660. The second kappa shape index (κ2) is 4.71. The third-order valence-electron chi connectivity index (χ3n) is 3.35. The van der Waals surface area contributed by atoms with Gasteiger partial charge in [0.25, 0.3) is 5.56 Å². The number of nitrogens with two attached hydrogens (primary N) is 1. The van der Waals surface area contributed by atoms with Crippen LogP contribution in [-0.4, -0.2) is 24.6 Å². The van der Waals surface area contributed by atoms with Crippen LogP contribution in [0, 0.1) is 0 Å². The lowest BCUT2D eigenvalue weighted by Crippen LogP contribution is -2.21. The first-order valence-corrected chi connectivity index (χ1v) is 6.58. The zero-order valence-corrected chi connectivity index (χ0v) is 12.0. The van der Waals surface area contributed by atoms with E-state index in [0.717, 1.165) is 0 Å². The highest BCUT2D eigenvalue weighted by Crippen LogP contribution is 2.31. The van der Waals surface area contributed by atoms with Gasteiger partial charge in [0.1, 0.15) is 17.0 Å². The Bertz CT molecular complexity index is 926. The maximum atomic E-state index is 12.5. The van der Waals surface area contributed by atoms with E-state index in [4.69, 9.17) is 18.0 Å². The summed E-state index contributed by atoms with van der Waals surface area (Å²) in [4.78, 5) is 12.5. The first-order valence-electron chi connectivity index (χ1n) is 6.17. The molecule has 0 radical (unpaired) electrons. The van der Waals surface area contributed by atoms with E-state index >= 15 is 0 Å². The zero-order valence-electron chi connectivity index (χ0n) is 11.1. The predicted octanol–water partition coefficient (Wildman–Crippen LogP) is 1.20. The normalized spacial score (nSPS) is 10.9. The van der Waals surface area contributed by atoms with Gasteiger partial charge < -0.3 is 15.4 Å². The summed E-state index contributed by atoms with van der Waals surface area (Å²) in [7, 11) is 1.65. The minimum atomic E-state index is -0.334. The number of hydrogen-bond acceptors (Lipinski definition) is 4. The van der Waals surface area contributed by atoms with Gasteiger partial charge in [0.15, 0.2) is 5.11 Å². The molecular weight excluding hydrogens is 288 g/mol. The SMILES string of the molecule is Cn1c(=O)c(-c2ccn(C(N)=S)n2)c(O)c2ccccc21. The number of aryl methyl sites for hydroxylation is 1. The Balaban J connectivity index is 2.37. The van der Waals surface area contributed by atoms with Crippen LogP contribution in [0.2, 0.25) is 0 Å². The number of rotatable bonds is 1. The summed E-state index contributed by atoms with van der Waals surface area (Å²) in [5.41, 5.74) is 6.26. The molecule has 3 rings (SSSR count). The van der Waals surface area contributed by atoms with Gasteiger partial charge in [0.2, 0.25) is 0 Å². The van der Waals surface area contributed by atoms with Crippen molar-refractivity contribution in [2.75, 3.05) is 0 Å². The number of aromatic nitrogens is 3. The molecule has 6 nitrogen and oxygen atoms in total. The van der Waals surface area contributed by atoms with Gasteiger partial charge in [-0.15, -0.1) is 0 Å². The Hall–Kier alpha value is -2.67. The molecule has 0 aliphatic rings. The molecule has 0 saturated carbocycles. The Labute approximate surface area is 125 Å². The molecule has 1 aromatic carbocycles. The molecule has 2 aromatic heterocycles. The van der Waals surface area contributed by atoms with Crippen LogP contribution in [0.25, 0.3) is 22.2 Å². The second-order valence-corrected chi connectivity index (χ2v) is 5.01. The van der Waals surface area contributed by atoms with Crippen LogP contribution in [0.3, 0.4) is 0 Å². The van der Waals surface area contributed by atoms with Crippen molar-refractivity contribution in [1.29, 1.82) is 0 Å². The molecular formula is C14H12N4O2S. The first-order chi connectivity index (χ1) is 10.0. The van der Waals surface area contributed by atoms with E-state index in [1.165, 1.54) is 9.25 Å². The van der Waals surface area contributed by atoms with E-state index in [1.807, 2.05) is 6.07 Å². The largest absolute Gasteiger partial charge is 0.506 e. The van der Waals surface area contributed by atoms with Gasteiger partial charge in [-0.25, -0.2) is 4.68 Å². The van der Waals surface area contributed by atoms with Crippen molar-refractivity contribution in [2.45, 2.75) is 0 Å². The van der Waals surface area contributed by atoms with Crippen molar-refractivity contribution in [1.82, 2.24) is 14.3 Å². The molecule has 0 spiro atoms. The van der Waals surface area contributed by atoms with Gasteiger partial charge in [0.05, 0.1) is 5.52 Å². The first kappa shape index (κ1) is 13.3. The summed E-state index contributed by atoms with van der Waals surface area (Å²) < 4.78 is 2.75. The molecule has 0 unspecified atom stereocenters. The van der Waals surface area contributed by atoms with Gasteiger partial charge >= 0.3 is 0 Å². The molecule has 106 valence electrons. The van der Waals surface area contributed by atoms with E-state index in [9.17, 15) is 9.90 Å². The van der Waals surface area contributed by atoms with Crippen LogP contribution in [0.5, 0.6) is 5.75 Å². The maximum absolute atomic E-state index is 12.5. The lowest BCUT2D eigenvalue weighted by atomic mass is 10.1. The minimum Gasteiger partial charge on any atom is -0.506 e. The molecule has 0 fully saturated rings. The number of pyridine rings is 1. The summed E-state index contributed by atoms with van der Waals surface area (Å²) in [6.45, 7) is 0. The molecule has 3 N–H and O–H groups in total. The molecule has 0 aliphatic heterocycles. The Morgan fingerprint density at radius 1 is 1.33 bits per heavy atom. The third-order valence-corrected chi connectivity index (χ3v) is 3.53. The fourth-order valence-corrected chi connectivity index (χ4v) is 2.39. The second-order valence-electron chi connectivity index (χ2n) is 4.59. The van der Waals surface area contributed by atoms with Crippen molar-refractivity contribution in [3.05, 3.63) is 46.9 Å². The smallest absolute Gasteiger partial charge is 0.264 e. The number of fused-ring (bicyclic) bond motifs is 1. The fraction of sp³-hybridized carbons (Fsp3) is 0.0714. The molecule has 0 aliphatic carbocycles. The van der Waals surface area contributed by atoms with Gasteiger partial charge in [-0.1, -0.05) is 12.1 Å². The highest BCUT2D eigenvalue weighted by molar-refractivity contribution is 7.80. The summed E-state index contributed by atoms with van der Waals surface area (Å²) >= 11 is 4.83. The molecule has 0 atom stereocenters. The monoisotopic (exact) mass is 300 g/mol. The van der Waals surface area contributed by atoms with Crippen molar-refractivity contribution in [3.8, 4) is 17.0 Å². The molecule has 7 heteroatoms. The molecule has 21 heavy (non-hydrogen) atoms. The summed E-state index contributed by atoms with van der Waals surface area (Å²) in [6, 6.07) is 8.71. The average Bonchev–Trinajstić information content (AvgIpc) is 2.95. The number of hydrogen-bond donors (Lipinski definition) is 2. The Morgan fingerprint density at radius 3 is 2.71 bits per heavy atom. The van der Waals surface area contributed by atoms with Gasteiger partial charge in [0, 0.05) is 18.6 Å². The summed E-state index contributed by atoms with van der Waals surface area (Å²) in [6.07, 6.45) is 1.55. The van der Waals surface area contributed by atoms with Gasteiger partial charge in [-0.05, 0) is 30.4 Å². The highest BCUT2D eigenvalue weighted by Gasteiger charge is 2.18. The number of nitrogens with zero attached hydrogens (tertiary/aromatic N) is 3. The van der Waals surface area contributed by atoms with Crippen LogP contribution in [0.15, 0.2) is 41.3 Å². The van der Waals surface area contributed by atoms with E-state index in [0.29, 0.717) is 16.6 Å². The summed E-state index contributed by atoms with van der Waals surface area (Å²) in [5.74, 6) is -0.0955. The number of benzene rings is 1. The number of aromatic hydroxyl groups is 1. The Morgan fingerprint density at radius 2 is 2.05 bits per heavy atom. The summed E-state index contributed by atoms with van der Waals surface area (Å²) in [5, 5.41) is 15.2. The van der Waals surface area contributed by atoms with Gasteiger partial charge in [-0.2, -0.15) is 5.10 Å². The molecule has 0 amide bonds. The molecule has 3 aromatic rings. The van der Waals surface area contributed by atoms with Crippen LogP contribution >= 0.6 is 12.2 Å². The van der Waals surface area contributed by atoms with Crippen LogP contribution in [0.4, 0.5) is 0 Å². The van der Waals surface area contributed by atoms with Crippen molar-refractivity contribution >= 4 is 28.2 Å². The van der Waals surface area contributed by atoms with E-state index in [2.05, 4.69) is 5.10 Å². The minimum absolute atomic E-state index is 0.0679. The topological polar surface area (TPSA) is 86.1 Å². The fourth-order valence-electron chi connectivity index (χ4n) is 2.29. The van der Waals surface area contributed by atoms with Crippen LogP contribution < -0.4 is 11.3 Å². The number of para-hydroxylation sites is 1. The lowest BCUT2D eigenvalue weighted by Gasteiger charge is -2.10. The lowest BCUT2D eigenvalue weighted by molar-refractivity contribution is 0.481.